The number of primary amides is 1. The normalized spacial score (nSPS) is 15.8. The monoisotopic (exact) mass is 186 g/mol. The molecule has 0 heterocycles. The predicted molar refractivity (Wildman–Crippen MR) is 55.3 cm³/mol. The fourth-order valence-electron chi connectivity index (χ4n) is 1.48. The zero-order valence-electron chi connectivity index (χ0n) is 9.18. The molecule has 1 amide bonds. The van der Waals surface area contributed by atoms with Crippen molar-refractivity contribution < 1.29 is 4.79 Å². The van der Waals surface area contributed by atoms with E-state index in [0.29, 0.717) is 5.92 Å². The van der Waals surface area contributed by atoms with Crippen LogP contribution in [0.1, 0.15) is 40.5 Å². The molecule has 1 unspecified atom stereocenters. The Bertz CT molecular complexity index is 168. The van der Waals surface area contributed by atoms with Crippen LogP contribution in [-0.4, -0.2) is 18.0 Å². The standard InChI is InChI=1S/C10H22N2O/c1-5-6-12-10(4,9(11)13)7-8(2)3/h8,12H,5-7H2,1-4H3,(H2,11,13). The molecular formula is C10H22N2O. The highest BCUT2D eigenvalue weighted by Gasteiger charge is 2.30. The summed E-state index contributed by atoms with van der Waals surface area (Å²) >= 11 is 0. The van der Waals surface area contributed by atoms with Crippen molar-refractivity contribution in [3.63, 3.8) is 0 Å². The number of hydrogen-bond donors (Lipinski definition) is 2. The van der Waals surface area contributed by atoms with E-state index in [-0.39, 0.29) is 5.91 Å². The number of amides is 1. The van der Waals surface area contributed by atoms with Gasteiger partial charge in [0.15, 0.2) is 0 Å². The van der Waals surface area contributed by atoms with Crippen LogP contribution in [0.25, 0.3) is 0 Å². The lowest BCUT2D eigenvalue weighted by Crippen LogP contribution is -2.54. The van der Waals surface area contributed by atoms with Gasteiger partial charge >= 0.3 is 0 Å². The number of nitrogens with one attached hydrogen (secondary N) is 1. The van der Waals surface area contributed by atoms with E-state index in [1.807, 2.05) is 6.92 Å². The van der Waals surface area contributed by atoms with Crippen molar-refractivity contribution in [3.05, 3.63) is 0 Å². The molecule has 0 fully saturated rings. The lowest BCUT2D eigenvalue weighted by molar-refractivity contribution is -0.124. The number of hydrogen-bond acceptors (Lipinski definition) is 2. The Morgan fingerprint density at radius 2 is 2.08 bits per heavy atom. The minimum Gasteiger partial charge on any atom is -0.368 e. The summed E-state index contributed by atoms with van der Waals surface area (Å²) in [6.07, 6.45) is 1.81. The van der Waals surface area contributed by atoms with Crippen LogP contribution in [-0.2, 0) is 4.79 Å². The van der Waals surface area contributed by atoms with Crippen molar-refractivity contribution in [1.29, 1.82) is 0 Å². The third-order valence-electron chi connectivity index (χ3n) is 2.13. The molecule has 0 aliphatic carbocycles. The molecule has 3 heteroatoms. The molecule has 13 heavy (non-hydrogen) atoms. The van der Waals surface area contributed by atoms with Gasteiger partial charge in [-0.2, -0.15) is 0 Å². The van der Waals surface area contributed by atoms with E-state index in [2.05, 4.69) is 26.1 Å². The average molecular weight is 186 g/mol. The van der Waals surface area contributed by atoms with Gasteiger partial charge in [0.2, 0.25) is 5.91 Å². The molecule has 3 nitrogen and oxygen atoms in total. The summed E-state index contributed by atoms with van der Waals surface area (Å²) in [7, 11) is 0. The van der Waals surface area contributed by atoms with Gasteiger partial charge in [0, 0.05) is 0 Å². The van der Waals surface area contributed by atoms with Crippen LogP contribution in [0, 0.1) is 5.92 Å². The molecule has 0 aliphatic rings. The molecule has 3 N–H and O–H groups in total. The van der Waals surface area contributed by atoms with E-state index in [0.717, 1.165) is 19.4 Å². The molecule has 0 saturated carbocycles. The van der Waals surface area contributed by atoms with Crippen LogP contribution in [0.4, 0.5) is 0 Å². The molecule has 0 aromatic heterocycles. The quantitative estimate of drug-likeness (QED) is 0.656. The molecule has 0 radical (unpaired) electrons. The number of rotatable bonds is 6. The Morgan fingerprint density at radius 3 is 2.38 bits per heavy atom. The molecule has 78 valence electrons. The molecular weight excluding hydrogens is 164 g/mol. The van der Waals surface area contributed by atoms with Gasteiger partial charge < -0.3 is 11.1 Å². The summed E-state index contributed by atoms with van der Waals surface area (Å²) in [4.78, 5) is 11.2. The summed E-state index contributed by atoms with van der Waals surface area (Å²) in [6, 6.07) is 0. The predicted octanol–water partition coefficient (Wildman–Crippen LogP) is 1.28. The number of nitrogens with two attached hydrogens (primary N) is 1. The lowest BCUT2D eigenvalue weighted by Gasteiger charge is -2.29. The van der Waals surface area contributed by atoms with Gasteiger partial charge in [-0.3, -0.25) is 4.79 Å². The fourth-order valence-corrected chi connectivity index (χ4v) is 1.48. The van der Waals surface area contributed by atoms with E-state index >= 15 is 0 Å². The molecule has 0 aromatic rings. The van der Waals surface area contributed by atoms with Gasteiger partial charge in [0.05, 0.1) is 5.54 Å². The molecule has 1 atom stereocenters. The Labute approximate surface area is 81.1 Å². The van der Waals surface area contributed by atoms with Crippen LogP contribution >= 0.6 is 0 Å². The molecule has 0 bridgehead atoms. The number of carbonyl (C=O) groups excluding carboxylic acids is 1. The highest BCUT2D eigenvalue weighted by Crippen LogP contribution is 2.15. The van der Waals surface area contributed by atoms with Crippen molar-refractivity contribution >= 4 is 5.91 Å². The maximum Gasteiger partial charge on any atom is 0.237 e. The van der Waals surface area contributed by atoms with Gasteiger partial charge in [-0.1, -0.05) is 20.8 Å². The Kier molecular flexibility index (Phi) is 4.99. The summed E-state index contributed by atoms with van der Waals surface area (Å²) in [5.41, 5.74) is 4.82. The van der Waals surface area contributed by atoms with Crippen molar-refractivity contribution in [2.75, 3.05) is 6.54 Å². The van der Waals surface area contributed by atoms with Gasteiger partial charge in [0.1, 0.15) is 0 Å². The van der Waals surface area contributed by atoms with E-state index in [9.17, 15) is 4.79 Å². The first-order valence-electron chi connectivity index (χ1n) is 4.97. The maximum atomic E-state index is 11.2. The van der Waals surface area contributed by atoms with Crippen LogP contribution in [0.5, 0.6) is 0 Å². The van der Waals surface area contributed by atoms with Gasteiger partial charge in [0.25, 0.3) is 0 Å². The highest BCUT2D eigenvalue weighted by atomic mass is 16.1. The van der Waals surface area contributed by atoms with Crippen LogP contribution in [0.2, 0.25) is 0 Å². The van der Waals surface area contributed by atoms with Gasteiger partial charge in [-0.15, -0.1) is 0 Å². The van der Waals surface area contributed by atoms with Gasteiger partial charge in [-0.05, 0) is 32.2 Å². The van der Waals surface area contributed by atoms with Gasteiger partial charge in [-0.25, -0.2) is 0 Å². The molecule has 0 aliphatic heterocycles. The molecule has 0 aromatic carbocycles. The molecule has 0 spiro atoms. The fraction of sp³-hybridized carbons (Fsp3) is 0.900. The minimum atomic E-state index is -0.538. The van der Waals surface area contributed by atoms with E-state index in [4.69, 9.17) is 5.73 Å². The Balaban J connectivity index is 4.25. The number of carbonyl (C=O) groups is 1. The van der Waals surface area contributed by atoms with E-state index in [1.165, 1.54) is 0 Å². The Morgan fingerprint density at radius 1 is 1.54 bits per heavy atom. The van der Waals surface area contributed by atoms with Crippen molar-refractivity contribution in [3.8, 4) is 0 Å². The second-order valence-electron chi connectivity index (χ2n) is 4.22. The summed E-state index contributed by atoms with van der Waals surface area (Å²) in [5, 5.41) is 3.20. The maximum absolute atomic E-state index is 11.2. The van der Waals surface area contributed by atoms with Crippen molar-refractivity contribution in [2.45, 2.75) is 46.1 Å². The minimum absolute atomic E-state index is 0.255. The third-order valence-corrected chi connectivity index (χ3v) is 2.13. The van der Waals surface area contributed by atoms with Crippen molar-refractivity contribution in [1.82, 2.24) is 5.32 Å². The lowest BCUT2D eigenvalue weighted by atomic mass is 9.90. The molecule has 0 saturated heterocycles. The van der Waals surface area contributed by atoms with Crippen molar-refractivity contribution in [2.24, 2.45) is 11.7 Å². The van der Waals surface area contributed by atoms with Crippen LogP contribution in [0.3, 0.4) is 0 Å². The first-order valence-corrected chi connectivity index (χ1v) is 4.97. The Hall–Kier alpha value is -0.570. The largest absolute Gasteiger partial charge is 0.368 e. The second-order valence-corrected chi connectivity index (χ2v) is 4.22. The zero-order valence-corrected chi connectivity index (χ0v) is 9.18. The summed E-state index contributed by atoms with van der Waals surface area (Å²) in [5.74, 6) is 0.219. The molecule has 0 rings (SSSR count). The first kappa shape index (κ1) is 12.4. The first-order chi connectivity index (χ1) is 5.92. The van der Waals surface area contributed by atoms with E-state index in [1.54, 1.807) is 0 Å². The smallest absolute Gasteiger partial charge is 0.237 e. The summed E-state index contributed by atoms with van der Waals surface area (Å²) in [6.45, 7) is 8.98. The highest BCUT2D eigenvalue weighted by molar-refractivity contribution is 5.84. The topological polar surface area (TPSA) is 55.1 Å². The van der Waals surface area contributed by atoms with Crippen LogP contribution < -0.4 is 11.1 Å². The SMILES string of the molecule is CCCNC(C)(CC(C)C)C(N)=O. The summed E-state index contributed by atoms with van der Waals surface area (Å²) < 4.78 is 0. The zero-order chi connectivity index (χ0) is 10.5. The van der Waals surface area contributed by atoms with Crippen LogP contribution in [0.15, 0.2) is 0 Å². The second kappa shape index (κ2) is 5.22. The average Bonchev–Trinajstić information content (AvgIpc) is 1.99. The third kappa shape index (κ3) is 4.27. The van der Waals surface area contributed by atoms with E-state index < -0.39 is 5.54 Å².